The van der Waals surface area contributed by atoms with Gasteiger partial charge in [-0.25, -0.2) is 0 Å². The summed E-state index contributed by atoms with van der Waals surface area (Å²) in [5.74, 6) is 1.52. The minimum atomic E-state index is 0.711. The summed E-state index contributed by atoms with van der Waals surface area (Å²) >= 11 is 4.80. The molecule has 0 aliphatic carbocycles. The number of rotatable bonds is 7. The Bertz CT molecular complexity index is 918. The maximum Gasteiger partial charge on any atom is 0.206 e. The Morgan fingerprint density at radius 3 is 2.84 bits per heavy atom. The van der Waals surface area contributed by atoms with Crippen molar-refractivity contribution in [3.63, 3.8) is 0 Å². The van der Waals surface area contributed by atoms with Crippen molar-refractivity contribution < 1.29 is 4.52 Å². The van der Waals surface area contributed by atoms with Gasteiger partial charge in [0, 0.05) is 18.4 Å². The molecule has 0 aliphatic rings. The first-order valence-electron chi connectivity index (χ1n) is 7.60. The maximum atomic E-state index is 5.39. The third-order valence-corrected chi connectivity index (χ3v) is 6.29. The highest BCUT2D eigenvalue weighted by atomic mass is 32.2. The molecule has 0 saturated carbocycles. The number of aromatic nitrogens is 3. The van der Waals surface area contributed by atoms with Crippen LogP contribution in [0.2, 0.25) is 0 Å². The average Bonchev–Trinajstić information content (AvgIpc) is 3.40. The molecule has 5 nitrogen and oxygen atoms in total. The number of hydrogen-bond acceptors (Lipinski definition) is 8. The molecule has 0 spiro atoms. The van der Waals surface area contributed by atoms with E-state index >= 15 is 0 Å². The highest BCUT2D eigenvalue weighted by Gasteiger charge is 2.10. The summed E-state index contributed by atoms with van der Waals surface area (Å²) in [4.78, 5) is 1.09. The van der Waals surface area contributed by atoms with Crippen LogP contribution in [0.15, 0.2) is 62.8 Å². The van der Waals surface area contributed by atoms with Crippen LogP contribution >= 0.6 is 34.4 Å². The fourth-order valence-corrected chi connectivity index (χ4v) is 4.46. The van der Waals surface area contributed by atoms with E-state index in [1.165, 1.54) is 5.56 Å². The van der Waals surface area contributed by atoms with E-state index in [9.17, 15) is 0 Å². The largest absolute Gasteiger partial charge is 0.356 e. The van der Waals surface area contributed by atoms with E-state index in [4.69, 9.17) is 4.52 Å². The van der Waals surface area contributed by atoms with Crippen LogP contribution in [0.3, 0.4) is 0 Å². The van der Waals surface area contributed by atoms with E-state index in [0.29, 0.717) is 5.75 Å². The van der Waals surface area contributed by atoms with Crippen molar-refractivity contribution in [2.24, 2.45) is 0 Å². The lowest BCUT2D eigenvalue weighted by Crippen LogP contribution is -1.98. The highest BCUT2D eigenvalue weighted by Crippen LogP contribution is 2.30. The number of nitrogens with one attached hydrogen (secondary N) is 1. The van der Waals surface area contributed by atoms with Crippen molar-refractivity contribution in [2.45, 2.75) is 16.6 Å². The SMILES string of the molecule is c1ccc(CNc2nnc(SCc3cc(-c4cccs4)on3)s2)cc1. The second-order valence-electron chi connectivity index (χ2n) is 5.16. The third-order valence-electron chi connectivity index (χ3n) is 3.36. The molecular weight excluding hydrogens is 372 g/mol. The van der Waals surface area contributed by atoms with Crippen LogP contribution in [0.4, 0.5) is 5.13 Å². The Labute approximate surface area is 157 Å². The number of thioether (sulfide) groups is 1. The molecule has 3 aromatic heterocycles. The molecule has 0 bridgehead atoms. The lowest BCUT2D eigenvalue weighted by Gasteiger charge is -2.00. The molecule has 0 aliphatic heterocycles. The third kappa shape index (κ3) is 4.28. The van der Waals surface area contributed by atoms with Gasteiger partial charge in [0.05, 0.1) is 10.6 Å². The Hall–Kier alpha value is -2.16. The minimum absolute atomic E-state index is 0.711. The van der Waals surface area contributed by atoms with E-state index in [0.717, 1.165) is 32.3 Å². The van der Waals surface area contributed by atoms with Gasteiger partial charge in [-0.05, 0) is 17.0 Å². The van der Waals surface area contributed by atoms with Crippen molar-refractivity contribution in [1.82, 2.24) is 15.4 Å². The fourth-order valence-electron chi connectivity index (χ4n) is 2.16. The van der Waals surface area contributed by atoms with Gasteiger partial charge in [-0.3, -0.25) is 0 Å². The molecule has 3 heterocycles. The summed E-state index contributed by atoms with van der Waals surface area (Å²) in [6.07, 6.45) is 0. The van der Waals surface area contributed by atoms with Crippen LogP contribution in [-0.2, 0) is 12.3 Å². The van der Waals surface area contributed by atoms with Crippen molar-refractivity contribution in [1.29, 1.82) is 0 Å². The molecule has 0 atom stereocenters. The second kappa shape index (κ2) is 7.81. The first-order chi connectivity index (χ1) is 12.4. The minimum Gasteiger partial charge on any atom is -0.356 e. The van der Waals surface area contributed by atoms with Crippen LogP contribution in [0.25, 0.3) is 10.6 Å². The summed E-state index contributed by atoms with van der Waals surface area (Å²) in [5.41, 5.74) is 2.12. The van der Waals surface area contributed by atoms with Gasteiger partial charge in [-0.1, -0.05) is 64.7 Å². The van der Waals surface area contributed by atoms with Gasteiger partial charge in [0.25, 0.3) is 0 Å². The highest BCUT2D eigenvalue weighted by molar-refractivity contribution is 8.00. The first kappa shape index (κ1) is 16.3. The zero-order valence-electron chi connectivity index (χ0n) is 13.1. The lowest BCUT2D eigenvalue weighted by atomic mass is 10.2. The van der Waals surface area contributed by atoms with Crippen molar-refractivity contribution in [3.05, 3.63) is 65.2 Å². The van der Waals surface area contributed by atoms with E-state index in [-0.39, 0.29) is 0 Å². The van der Waals surface area contributed by atoms with Gasteiger partial charge in [-0.2, -0.15) is 0 Å². The van der Waals surface area contributed by atoms with Crippen LogP contribution in [0, 0.1) is 0 Å². The maximum absolute atomic E-state index is 5.39. The second-order valence-corrected chi connectivity index (χ2v) is 8.31. The van der Waals surface area contributed by atoms with Gasteiger partial charge in [0.15, 0.2) is 10.1 Å². The molecule has 8 heteroatoms. The Morgan fingerprint density at radius 2 is 2.00 bits per heavy atom. The van der Waals surface area contributed by atoms with Crippen molar-refractivity contribution >= 4 is 39.6 Å². The van der Waals surface area contributed by atoms with Crippen molar-refractivity contribution in [2.75, 3.05) is 5.32 Å². The van der Waals surface area contributed by atoms with Crippen LogP contribution in [0.1, 0.15) is 11.3 Å². The Balaban J connectivity index is 1.31. The van der Waals surface area contributed by atoms with E-state index in [1.807, 2.05) is 41.8 Å². The van der Waals surface area contributed by atoms with Crippen LogP contribution in [-0.4, -0.2) is 15.4 Å². The summed E-state index contributed by atoms with van der Waals surface area (Å²) in [5, 5.41) is 18.7. The van der Waals surface area contributed by atoms with Gasteiger partial charge in [-0.15, -0.1) is 21.5 Å². The van der Waals surface area contributed by atoms with E-state index in [2.05, 4.69) is 32.8 Å². The molecule has 0 amide bonds. The summed E-state index contributed by atoms with van der Waals surface area (Å²) in [7, 11) is 0. The molecule has 126 valence electrons. The lowest BCUT2D eigenvalue weighted by molar-refractivity contribution is 0.427. The van der Waals surface area contributed by atoms with Gasteiger partial charge in [0.1, 0.15) is 0 Å². The first-order valence-corrected chi connectivity index (χ1v) is 10.3. The van der Waals surface area contributed by atoms with E-state index in [1.54, 1.807) is 34.4 Å². The normalized spacial score (nSPS) is 10.9. The Morgan fingerprint density at radius 1 is 1.08 bits per heavy atom. The molecule has 1 N–H and O–H groups in total. The molecule has 0 radical (unpaired) electrons. The van der Waals surface area contributed by atoms with E-state index < -0.39 is 0 Å². The molecule has 0 saturated heterocycles. The molecule has 4 rings (SSSR count). The zero-order valence-corrected chi connectivity index (χ0v) is 15.5. The predicted octanol–water partition coefficient (Wildman–Crippen LogP) is 5.16. The number of benzene rings is 1. The summed E-state index contributed by atoms with van der Waals surface area (Å²) < 4.78 is 6.31. The molecule has 0 fully saturated rings. The fraction of sp³-hybridized carbons (Fsp3) is 0.118. The molecule has 4 aromatic rings. The smallest absolute Gasteiger partial charge is 0.206 e. The standard InChI is InChI=1S/C17H14N4OS3/c1-2-5-12(6-3-1)10-18-16-19-20-17(25-16)24-11-13-9-14(22-21-13)15-7-4-8-23-15/h1-9H,10-11H2,(H,18,19). The predicted molar refractivity (Wildman–Crippen MR) is 103 cm³/mol. The summed E-state index contributed by atoms with van der Waals surface area (Å²) in [6, 6.07) is 16.2. The van der Waals surface area contributed by atoms with Crippen LogP contribution < -0.4 is 5.32 Å². The number of nitrogens with zero attached hydrogens (tertiary/aromatic N) is 3. The van der Waals surface area contributed by atoms with Gasteiger partial charge < -0.3 is 9.84 Å². The molecule has 0 unspecified atom stereocenters. The number of hydrogen-bond donors (Lipinski definition) is 1. The number of thiophene rings is 1. The van der Waals surface area contributed by atoms with Gasteiger partial charge in [0.2, 0.25) is 5.13 Å². The zero-order chi connectivity index (χ0) is 16.9. The molecular formula is C17H14N4OS3. The topological polar surface area (TPSA) is 63.8 Å². The molecule has 25 heavy (non-hydrogen) atoms. The number of anilines is 1. The monoisotopic (exact) mass is 386 g/mol. The van der Waals surface area contributed by atoms with Gasteiger partial charge >= 0.3 is 0 Å². The van der Waals surface area contributed by atoms with Crippen LogP contribution in [0.5, 0.6) is 0 Å². The quantitative estimate of drug-likeness (QED) is 0.443. The summed E-state index contributed by atoms with van der Waals surface area (Å²) in [6.45, 7) is 0.744. The molecule has 1 aromatic carbocycles. The van der Waals surface area contributed by atoms with Crippen molar-refractivity contribution in [3.8, 4) is 10.6 Å². The Kier molecular flexibility index (Phi) is 5.10. The average molecular weight is 387 g/mol.